The largest absolute Gasteiger partial charge is 0.508 e. The molecule has 0 saturated carbocycles. The van der Waals surface area contributed by atoms with Gasteiger partial charge in [-0.1, -0.05) is 12.1 Å². The highest BCUT2D eigenvalue weighted by Crippen LogP contribution is 2.24. The summed E-state index contributed by atoms with van der Waals surface area (Å²) in [5.41, 5.74) is 1.78. The number of hydrogen-bond donors (Lipinski definition) is 3. The SMILES string of the molecule is Oc1ccc(CNc2ccccc2I)c(O)c1. The molecule has 88 valence electrons. The lowest BCUT2D eigenvalue weighted by molar-refractivity contribution is 0.446. The Kier molecular flexibility index (Phi) is 3.73. The first-order valence-electron chi connectivity index (χ1n) is 5.16. The van der Waals surface area contributed by atoms with Crippen molar-refractivity contribution in [3.63, 3.8) is 0 Å². The molecule has 0 amide bonds. The first-order valence-corrected chi connectivity index (χ1v) is 6.24. The fraction of sp³-hybridized carbons (Fsp3) is 0.0769. The lowest BCUT2D eigenvalue weighted by Gasteiger charge is -2.09. The van der Waals surface area contributed by atoms with E-state index in [1.54, 1.807) is 12.1 Å². The van der Waals surface area contributed by atoms with Crippen molar-refractivity contribution >= 4 is 28.3 Å². The minimum Gasteiger partial charge on any atom is -0.508 e. The molecule has 17 heavy (non-hydrogen) atoms. The number of aromatic hydroxyl groups is 2. The van der Waals surface area contributed by atoms with Gasteiger partial charge in [0.05, 0.1) is 0 Å². The molecule has 0 unspecified atom stereocenters. The number of phenolic OH excluding ortho intramolecular Hbond substituents is 2. The third-order valence-corrected chi connectivity index (χ3v) is 3.35. The van der Waals surface area contributed by atoms with Crippen molar-refractivity contribution in [3.05, 3.63) is 51.6 Å². The third kappa shape index (κ3) is 3.03. The van der Waals surface area contributed by atoms with E-state index in [2.05, 4.69) is 27.9 Å². The van der Waals surface area contributed by atoms with E-state index in [9.17, 15) is 10.2 Å². The van der Waals surface area contributed by atoms with Crippen LogP contribution in [0.2, 0.25) is 0 Å². The van der Waals surface area contributed by atoms with E-state index >= 15 is 0 Å². The number of hydrogen-bond acceptors (Lipinski definition) is 3. The number of anilines is 1. The van der Waals surface area contributed by atoms with E-state index in [0.29, 0.717) is 6.54 Å². The van der Waals surface area contributed by atoms with Crippen LogP contribution in [0.25, 0.3) is 0 Å². The average molecular weight is 341 g/mol. The minimum atomic E-state index is 0.0699. The van der Waals surface area contributed by atoms with Crippen LogP contribution in [0.15, 0.2) is 42.5 Å². The molecule has 0 saturated heterocycles. The molecule has 0 fully saturated rings. The van der Waals surface area contributed by atoms with Gasteiger partial charge in [-0.15, -0.1) is 0 Å². The zero-order valence-electron chi connectivity index (χ0n) is 9.02. The molecule has 0 heterocycles. The van der Waals surface area contributed by atoms with Crippen LogP contribution in [0.1, 0.15) is 5.56 Å². The van der Waals surface area contributed by atoms with E-state index in [0.717, 1.165) is 14.8 Å². The highest BCUT2D eigenvalue weighted by atomic mass is 127. The Bertz CT molecular complexity index is 529. The second-order valence-corrected chi connectivity index (χ2v) is 4.81. The van der Waals surface area contributed by atoms with Crippen molar-refractivity contribution in [2.45, 2.75) is 6.54 Å². The lowest BCUT2D eigenvalue weighted by atomic mass is 10.2. The highest BCUT2D eigenvalue weighted by molar-refractivity contribution is 14.1. The molecule has 0 atom stereocenters. The molecule has 0 spiro atoms. The van der Waals surface area contributed by atoms with E-state index in [-0.39, 0.29) is 11.5 Å². The van der Waals surface area contributed by atoms with Gasteiger partial charge in [-0.3, -0.25) is 0 Å². The molecular formula is C13H12INO2. The van der Waals surface area contributed by atoms with Crippen molar-refractivity contribution in [2.75, 3.05) is 5.32 Å². The summed E-state index contributed by atoms with van der Waals surface area (Å²) in [4.78, 5) is 0. The summed E-state index contributed by atoms with van der Waals surface area (Å²) in [5.74, 6) is 0.170. The number of rotatable bonds is 3. The maximum Gasteiger partial charge on any atom is 0.124 e. The van der Waals surface area contributed by atoms with Crippen LogP contribution >= 0.6 is 22.6 Å². The molecule has 4 heteroatoms. The van der Waals surface area contributed by atoms with Crippen LogP contribution in [0.4, 0.5) is 5.69 Å². The van der Waals surface area contributed by atoms with Gasteiger partial charge in [0.2, 0.25) is 0 Å². The Morgan fingerprint density at radius 1 is 1.06 bits per heavy atom. The molecule has 0 aliphatic carbocycles. The summed E-state index contributed by atoms with van der Waals surface area (Å²) in [6.45, 7) is 0.520. The normalized spacial score (nSPS) is 10.2. The molecule has 3 N–H and O–H groups in total. The Balaban J connectivity index is 2.10. The molecule has 2 aromatic carbocycles. The fourth-order valence-electron chi connectivity index (χ4n) is 1.50. The highest BCUT2D eigenvalue weighted by Gasteiger charge is 2.03. The van der Waals surface area contributed by atoms with Crippen molar-refractivity contribution in [1.29, 1.82) is 0 Å². The number of phenols is 2. The minimum absolute atomic E-state index is 0.0699. The van der Waals surface area contributed by atoms with Crippen molar-refractivity contribution < 1.29 is 10.2 Å². The second-order valence-electron chi connectivity index (χ2n) is 3.65. The van der Waals surface area contributed by atoms with Crippen LogP contribution in [-0.4, -0.2) is 10.2 Å². The van der Waals surface area contributed by atoms with Crippen molar-refractivity contribution in [2.24, 2.45) is 0 Å². The summed E-state index contributed by atoms with van der Waals surface area (Å²) >= 11 is 2.25. The zero-order chi connectivity index (χ0) is 12.3. The van der Waals surface area contributed by atoms with E-state index in [1.807, 2.05) is 24.3 Å². The van der Waals surface area contributed by atoms with Gasteiger partial charge in [-0.25, -0.2) is 0 Å². The van der Waals surface area contributed by atoms with Gasteiger partial charge in [0, 0.05) is 27.4 Å². The molecule has 2 aromatic rings. The van der Waals surface area contributed by atoms with Crippen molar-refractivity contribution in [1.82, 2.24) is 0 Å². The maximum atomic E-state index is 9.64. The monoisotopic (exact) mass is 341 g/mol. The van der Waals surface area contributed by atoms with Gasteiger partial charge in [-0.2, -0.15) is 0 Å². The van der Waals surface area contributed by atoms with Crippen molar-refractivity contribution in [3.8, 4) is 11.5 Å². The topological polar surface area (TPSA) is 52.5 Å². The molecular weight excluding hydrogens is 329 g/mol. The van der Waals surface area contributed by atoms with Crippen LogP contribution in [0, 0.1) is 3.57 Å². The first kappa shape index (κ1) is 12.0. The number of para-hydroxylation sites is 1. The molecule has 3 nitrogen and oxygen atoms in total. The van der Waals surface area contributed by atoms with Crippen LogP contribution < -0.4 is 5.32 Å². The van der Waals surface area contributed by atoms with Gasteiger partial charge >= 0.3 is 0 Å². The summed E-state index contributed by atoms with van der Waals surface area (Å²) in [6.07, 6.45) is 0. The Labute approximate surface area is 113 Å². The number of halogens is 1. The van der Waals surface area contributed by atoms with Gasteiger partial charge in [0.15, 0.2) is 0 Å². The fourth-order valence-corrected chi connectivity index (χ4v) is 2.07. The molecule has 2 rings (SSSR count). The van der Waals surface area contributed by atoms with E-state index < -0.39 is 0 Å². The van der Waals surface area contributed by atoms with E-state index in [4.69, 9.17) is 0 Å². The summed E-state index contributed by atoms with van der Waals surface area (Å²) < 4.78 is 1.13. The molecule has 0 bridgehead atoms. The Morgan fingerprint density at radius 2 is 1.82 bits per heavy atom. The maximum absolute atomic E-state index is 9.64. The Hall–Kier alpha value is -1.43. The molecule has 0 aliphatic heterocycles. The van der Waals surface area contributed by atoms with Gasteiger partial charge in [-0.05, 0) is 46.9 Å². The molecule has 0 aromatic heterocycles. The number of benzene rings is 2. The predicted molar refractivity (Wildman–Crippen MR) is 76.3 cm³/mol. The number of nitrogens with one attached hydrogen (secondary N) is 1. The van der Waals surface area contributed by atoms with Crippen LogP contribution in [0.3, 0.4) is 0 Å². The van der Waals surface area contributed by atoms with Gasteiger partial charge in [0.25, 0.3) is 0 Å². The summed E-state index contributed by atoms with van der Waals surface area (Å²) in [6, 6.07) is 12.5. The molecule has 0 aliphatic rings. The first-order chi connectivity index (χ1) is 8.16. The second kappa shape index (κ2) is 5.27. The molecule has 0 radical (unpaired) electrons. The summed E-state index contributed by atoms with van der Waals surface area (Å²) in [7, 11) is 0. The predicted octanol–water partition coefficient (Wildman–Crippen LogP) is 3.31. The third-order valence-electron chi connectivity index (χ3n) is 2.41. The average Bonchev–Trinajstić information content (AvgIpc) is 2.30. The Morgan fingerprint density at radius 3 is 2.53 bits per heavy atom. The van der Waals surface area contributed by atoms with E-state index in [1.165, 1.54) is 6.07 Å². The van der Waals surface area contributed by atoms with Crippen LogP contribution in [-0.2, 0) is 6.54 Å². The standard InChI is InChI=1S/C13H12INO2/c14-11-3-1-2-4-12(11)15-8-9-5-6-10(16)7-13(9)17/h1-7,15-17H,8H2. The van der Waals surface area contributed by atoms with Gasteiger partial charge < -0.3 is 15.5 Å². The smallest absolute Gasteiger partial charge is 0.124 e. The zero-order valence-corrected chi connectivity index (χ0v) is 11.2. The van der Waals surface area contributed by atoms with Gasteiger partial charge in [0.1, 0.15) is 11.5 Å². The lowest BCUT2D eigenvalue weighted by Crippen LogP contribution is -2.00. The van der Waals surface area contributed by atoms with Crippen LogP contribution in [0.5, 0.6) is 11.5 Å². The quantitative estimate of drug-likeness (QED) is 0.751. The summed E-state index contributed by atoms with van der Waals surface area (Å²) in [5, 5.41) is 22.1.